The van der Waals surface area contributed by atoms with Gasteiger partial charge in [0.25, 0.3) is 5.91 Å². The standard InChI is InChI=1S/C11H12N2O4/c14-7-5-9(11(16)17)13(6-7)10(15)8-3-1-2-4-12-8/h1-4,7,9,14H,5-6H2,(H,16,17)/t7-,9-/m0/s1. The van der Waals surface area contributed by atoms with E-state index >= 15 is 0 Å². The number of hydrogen-bond acceptors (Lipinski definition) is 4. The Morgan fingerprint density at radius 2 is 2.18 bits per heavy atom. The van der Waals surface area contributed by atoms with Gasteiger partial charge in [-0.1, -0.05) is 6.07 Å². The topological polar surface area (TPSA) is 90.7 Å². The molecule has 2 atom stereocenters. The fourth-order valence-corrected chi connectivity index (χ4v) is 1.91. The quantitative estimate of drug-likeness (QED) is 0.738. The van der Waals surface area contributed by atoms with E-state index in [1.165, 1.54) is 12.3 Å². The molecule has 1 aliphatic heterocycles. The molecule has 0 spiro atoms. The number of likely N-dealkylation sites (tertiary alicyclic amines) is 1. The van der Waals surface area contributed by atoms with Crippen LogP contribution in [0.15, 0.2) is 24.4 Å². The molecule has 1 amide bonds. The lowest BCUT2D eigenvalue weighted by molar-refractivity contribution is -0.141. The number of aliphatic carboxylic acids is 1. The zero-order valence-corrected chi connectivity index (χ0v) is 8.98. The Bertz CT molecular complexity index is 434. The minimum absolute atomic E-state index is 0.0341. The van der Waals surface area contributed by atoms with Crippen molar-refractivity contribution in [2.45, 2.75) is 18.6 Å². The summed E-state index contributed by atoms with van der Waals surface area (Å²) in [6.07, 6.45) is 0.743. The second kappa shape index (κ2) is 4.50. The maximum Gasteiger partial charge on any atom is 0.326 e. The zero-order chi connectivity index (χ0) is 12.4. The van der Waals surface area contributed by atoms with Gasteiger partial charge in [0.05, 0.1) is 6.10 Å². The Morgan fingerprint density at radius 3 is 2.76 bits per heavy atom. The largest absolute Gasteiger partial charge is 0.480 e. The molecule has 1 aliphatic rings. The van der Waals surface area contributed by atoms with Crippen LogP contribution in [0.1, 0.15) is 16.9 Å². The van der Waals surface area contributed by atoms with E-state index in [9.17, 15) is 14.7 Å². The molecule has 17 heavy (non-hydrogen) atoms. The van der Waals surface area contributed by atoms with Gasteiger partial charge >= 0.3 is 5.97 Å². The summed E-state index contributed by atoms with van der Waals surface area (Å²) >= 11 is 0. The lowest BCUT2D eigenvalue weighted by Crippen LogP contribution is -2.40. The molecular formula is C11H12N2O4. The molecule has 0 saturated carbocycles. The molecule has 0 aliphatic carbocycles. The average molecular weight is 236 g/mol. The summed E-state index contributed by atoms with van der Waals surface area (Å²) in [7, 11) is 0. The van der Waals surface area contributed by atoms with Crippen molar-refractivity contribution in [2.75, 3.05) is 6.54 Å². The summed E-state index contributed by atoms with van der Waals surface area (Å²) < 4.78 is 0. The van der Waals surface area contributed by atoms with Crippen molar-refractivity contribution in [3.63, 3.8) is 0 Å². The van der Waals surface area contributed by atoms with Crippen molar-refractivity contribution in [3.05, 3.63) is 30.1 Å². The van der Waals surface area contributed by atoms with E-state index in [1.807, 2.05) is 0 Å². The van der Waals surface area contributed by atoms with Crippen LogP contribution in [0.5, 0.6) is 0 Å². The highest BCUT2D eigenvalue weighted by molar-refractivity contribution is 5.95. The fraction of sp³-hybridized carbons (Fsp3) is 0.364. The number of aliphatic hydroxyl groups excluding tert-OH is 1. The number of hydrogen-bond donors (Lipinski definition) is 2. The minimum atomic E-state index is -1.11. The third-order valence-electron chi connectivity index (χ3n) is 2.71. The Kier molecular flexibility index (Phi) is 3.06. The molecule has 0 bridgehead atoms. The highest BCUT2D eigenvalue weighted by Crippen LogP contribution is 2.20. The van der Waals surface area contributed by atoms with Crippen molar-refractivity contribution >= 4 is 11.9 Å². The number of carbonyl (C=O) groups excluding carboxylic acids is 1. The number of carboxylic acid groups (broad SMARTS) is 1. The van der Waals surface area contributed by atoms with Crippen LogP contribution in [0.25, 0.3) is 0 Å². The van der Waals surface area contributed by atoms with Gasteiger partial charge < -0.3 is 15.1 Å². The van der Waals surface area contributed by atoms with E-state index in [4.69, 9.17) is 5.11 Å². The van der Waals surface area contributed by atoms with Crippen LogP contribution >= 0.6 is 0 Å². The van der Waals surface area contributed by atoms with Crippen molar-refractivity contribution in [3.8, 4) is 0 Å². The number of amides is 1. The van der Waals surface area contributed by atoms with Gasteiger partial charge in [-0.2, -0.15) is 0 Å². The van der Waals surface area contributed by atoms with Gasteiger partial charge in [0.15, 0.2) is 0 Å². The Morgan fingerprint density at radius 1 is 1.41 bits per heavy atom. The van der Waals surface area contributed by atoms with E-state index in [2.05, 4.69) is 4.98 Å². The minimum Gasteiger partial charge on any atom is -0.480 e. The van der Waals surface area contributed by atoms with Gasteiger partial charge in [-0.15, -0.1) is 0 Å². The summed E-state index contributed by atoms with van der Waals surface area (Å²) in [5.74, 6) is -1.57. The van der Waals surface area contributed by atoms with E-state index < -0.39 is 24.0 Å². The molecule has 1 aromatic rings. The van der Waals surface area contributed by atoms with Gasteiger partial charge in [-0.3, -0.25) is 9.78 Å². The Labute approximate surface area is 97.5 Å². The smallest absolute Gasteiger partial charge is 0.326 e. The number of carbonyl (C=O) groups is 2. The molecule has 6 nitrogen and oxygen atoms in total. The molecule has 1 saturated heterocycles. The normalized spacial score (nSPS) is 23.7. The predicted molar refractivity (Wildman–Crippen MR) is 57.3 cm³/mol. The Hall–Kier alpha value is -1.95. The Balaban J connectivity index is 2.22. The molecular weight excluding hydrogens is 224 g/mol. The molecule has 0 unspecified atom stereocenters. The van der Waals surface area contributed by atoms with E-state index in [0.29, 0.717) is 0 Å². The monoisotopic (exact) mass is 236 g/mol. The number of rotatable bonds is 2. The number of β-amino-alcohol motifs (C(OH)–C–C–N with tert-alkyl or cyclic N) is 1. The second-order valence-corrected chi connectivity index (χ2v) is 3.92. The molecule has 1 aromatic heterocycles. The number of aliphatic hydroxyl groups is 1. The molecule has 1 fully saturated rings. The molecule has 0 radical (unpaired) electrons. The lowest BCUT2D eigenvalue weighted by atomic mass is 10.2. The summed E-state index contributed by atoms with van der Waals surface area (Å²) in [5, 5.41) is 18.4. The first-order valence-corrected chi connectivity index (χ1v) is 5.22. The first kappa shape index (κ1) is 11.5. The van der Waals surface area contributed by atoms with Crippen LogP contribution in [0.4, 0.5) is 0 Å². The fourth-order valence-electron chi connectivity index (χ4n) is 1.91. The number of pyridine rings is 1. The predicted octanol–water partition coefficient (Wildman–Crippen LogP) is -0.258. The summed E-state index contributed by atoms with van der Waals surface area (Å²) in [6.45, 7) is 0.0341. The van der Waals surface area contributed by atoms with Crippen molar-refractivity contribution in [1.29, 1.82) is 0 Å². The summed E-state index contributed by atoms with van der Waals surface area (Å²) in [4.78, 5) is 28.0. The first-order valence-electron chi connectivity index (χ1n) is 5.22. The van der Waals surface area contributed by atoms with Crippen molar-refractivity contribution in [1.82, 2.24) is 9.88 Å². The van der Waals surface area contributed by atoms with E-state index in [0.717, 1.165) is 4.90 Å². The van der Waals surface area contributed by atoms with Gasteiger partial charge in [0.1, 0.15) is 11.7 Å². The van der Waals surface area contributed by atoms with Crippen LogP contribution in [-0.4, -0.2) is 50.7 Å². The summed E-state index contributed by atoms with van der Waals surface area (Å²) in [5.41, 5.74) is 0.188. The molecule has 6 heteroatoms. The summed E-state index contributed by atoms with van der Waals surface area (Å²) in [6, 6.07) is 3.87. The van der Waals surface area contributed by atoms with Crippen LogP contribution < -0.4 is 0 Å². The molecule has 2 rings (SSSR count). The van der Waals surface area contributed by atoms with Gasteiger partial charge in [-0.25, -0.2) is 4.79 Å². The number of aromatic nitrogens is 1. The zero-order valence-electron chi connectivity index (χ0n) is 8.98. The van der Waals surface area contributed by atoms with E-state index in [1.54, 1.807) is 12.1 Å². The molecule has 90 valence electrons. The SMILES string of the molecule is O=C(O)[C@@H]1C[C@H](O)CN1C(=O)c1ccccn1. The molecule has 0 aromatic carbocycles. The first-order chi connectivity index (χ1) is 8.09. The second-order valence-electron chi connectivity index (χ2n) is 3.92. The van der Waals surface area contributed by atoms with Gasteiger partial charge in [0.2, 0.25) is 0 Å². The van der Waals surface area contributed by atoms with Gasteiger partial charge in [-0.05, 0) is 12.1 Å². The van der Waals surface area contributed by atoms with Crippen LogP contribution in [-0.2, 0) is 4.79 Å². The van der Waals surface area contributed by atoms with E-state index in [-0.39, 0.29) is 18.7 Å². The maximum absolute atomic E-state index is 12.0. The van der Waals surface area contributed by atoms with Crippen molar-refractivity contribution in [2.24, 2.45) is 0 Å². The molecule has 2 heterocycles. The highest BCUT2D eigenvalue weighted by atomic mass is 16.4. The maximum atomic E-state index is 12.0. The average Bonchev–Trinajstić information content (AvgIpc) is 2.72. The van der Waals surface area contributed by atoms with Gasteiger partial charge in [0, 0.05) is 19.2 Å². The number of nitrogens with zero attached hydrogens (tertiary/aromatic N) is 2. The van der Waals surface area contributed by atoms with Crippen LogP contribution in [0.3, 0.4) is 0 Å². The van der Waals surface area contributed by atoms with Crippen LogP contribution in [0, 0.1) is 0 Å². The van der Waals surface area contributed by atoms with Crippen LogP contribution in [0.2, 0.25) is 0 Å². The third-order valence-corrected chi connectivity index (χ3v) is 2.71. The lowest BCUT2D eigenvalue weighted by Gasteiger charge is -2.20. The highest BCUT2D eigenvalue weighted by Gasteiger charge is 2.39. The van der Waals surface area contributed by atoms with Crippen molar-refractivity contribution < 1.29 is 19.8 Å². The number of carboxylic acids is 1. The third kappa shape index (κ3) is 2.26. The molecule has 2 N–H and O–H groups in total.